The Morgan fingerprint density at radius 3 is 2.50 bits per heavy atom. The molecule has 0 saturated heterocycles. The van der Waals surface area contributed by atoms with E-state index in [2.05, 4.69) is 20.9 Å². The molecule has 0 aromatic carbocycles. The average molecular weight is 240 g/mol. The van der Waals surface area contributed by atoms with Crippen LogP contribution in [0.15, 0.2) is 12.4 Å². The van der Waals surface area contributed by atoms with Crippen LogP contribution in [0.4, 0.5) is 13.2 Å². The van der Waals surface area contributed by atoms with Crippen molar-refractivity contribution in [2.24, 2.45) is 0 Å². The summed E-state index contributed by atoms with van der Waals surface area (Å²) >= 11 is 2.93. The normalized spacial score (nSPS) is 10.8. The zero-order chi connectivity index (χ0) is 9.14. The van der Waals surface area contributed by atoms with E-state index in [0.29, 0.717) is 0 Å². The van der Waals surface area contributed by atoms with E-state index in [1.54, 1.807) is 0 Å². The molecule has 0 N–H and O–H groups in total. The van der Waals surface area contributed by atoms with Gasteiger partial charge < -0.3 is 0 Å². The van der Waals surface area contributed by atoms with Crippen LogP contribution in [0.5, 0.6) is 0 Å². The van der Waals surface area contributed by atoms with E-state index in [-0.39, 0.29) is 16.5 Å². The number of pyridine rings is 1. The second kappa shape index (κ2) is 3.89. The molecule has 0 amide bonds. The molecule has 12 heavy (non-hydrogen) atoms. The van der Waals surface area contributed by atoms with Gasteiger partial charge in [0.05, 0.1) is 6.20 Å². The minimum Gasteiger partial charge on any atom is -0.261 e. The minimum absolute atomic E-state index is 0.0278. The van der Waals surface area contributed by atoms with Crippen LogP contribution in [0.25, 0.3) is 0 Å². The van der Waals surface area contributed by atoms with Crippen molar-refractivity contribution in [1.82, 2.24) is 4.98 Å². The minimum atomic E-state index is -2.68. The van der Waals surface area contributed by atoms with Crippen LogP contribution in [-0.4, -0.2) is 4.98 Å². The van der Waals surface area contributed by atoms with Gasteiger partial charge in [-0.2, -0.15) is 0 Å². The lowest BCUT2D eigenvalue weighted by molar-refractivity contribution is 0.149. The third kappa shape index (κ3) is 1.77. The summed E-state index contributed by atoms with van der Waals surface area (Å²) in [6, 6.07) is 0. The second-order valence-electron chi connectivity index (χ2n) is 2.12. The van der Waals surface area contributed by atoms with Gasteiger partial charge in [-0.05, 0) is 0 Å². The summed E-state index contributed by atoms with van der Waals surface area (Å²) < 4.78 is 37.1. The average Bonchev–Trinajstić information content (AvgIpc) is 2.03. The van der Waals surface area contributed by atoms with Crippen LogP contribution in [0.1, 0.15) is 17.6 Å². The van der Waals surface area contributed by atoms with Gasteiger partial charge in [0.25, 0.3) is 6.43 Å². The molecule has 0 atom stereocenters. The Morgan fingerprint density at radius 1 is 1.42 bits per heavy atom. The molecule has 0 radical (unpaired) electrons. The fraction of sp³-hybridized carbons (Fsp3) is 0.286. The van der Waals surface area contributed by atoms with Crippen LogP contribution in [-0.2, 0) is 5.33 Å². The van der Waals surface area contributed by atoms with E-state index in [1.165, 1.54) is 0 Å². The number of rotatable bonds is 2. The van der Waals surface area contributed by atoms with Gasteiger partial charge in [-0.15, -0.1) is 0 Å². The van der Waals surface area contributed by atoms with Gasteiger partial charge in [0.15, 0.2) is 0 Å². The summed E-state index contributed by atoms with van der Waals surface area (Å²) in [5.74, 6) is -0.704. The Balaban J connectivity index is 3.18. The molecule has 0 bridgehead atoms. The van der Waals surface area contributed by atoms with Crippen molar-refractivity contribution < 1.29 is 13.2 Å². The van der Waals surface area contributed by atoms with Gasteiger partial charge in [-0.25, -0.2) is 13.2 Å². The van der Waals surface area contributed by atoms with Crippen molar-refractivity contribution in [3.05, 3.63) is 29.3 Å². The Labute approximate surface area is 75.7 Å². The Kier molecular flexibility index (Phi) is 3.08. The summed E-state index contributed by atoms with van der Waals surface area (Å²) in [6.07, 6.45) is -0.784. The first-order valence-corrected chi connectivity index (χ1v) is 4.25. The van der Waals surface area contributed by atoms with Crippen molar-refractivity contribution in [3.8, 4) is 0 Å². The molecule has 66 valence electrons. The molecule has 0 unspecified atom stereocenters. The zero-order valence-electron chi connectivity index (χ0n) is 5.90. The molecule has 0 aliphatic heterocycles. The zero-order valence-corrected chi connectivity index (χ0v) is 7.48. The topological polar surface area (TPSA) is 12.9 Å². The SMILES string of the molecule is Fc1cncc(C(F)F)c1CBr. The van der Waals surface area contributed by atoms with Crippen molar-refractivity contribution in [3.63, 3.8) is 0 Å². The summed E-state index contributed by atoms with van der Waals surface area (Å²) in [5.41, 5.74) is -0.383. The number of hydrogen-bond donors (Lipinski definition) is 0. The van der Waals surface area contributed by atoms with Crippen LogP contribution in [0.3, 0.4) is 0 Å². The Bertz CT molecular complexity index is 277. The van der Waals surface area contributed by atoms with Gasteiger partial charge in [0.2, 0.25) is 0 Å². The van der Waals surface area contributed by atoms with E-state index < -0.39 is 12.2 Å². The van der Waals surface area contributed by atoms with E-state index in [4.69, 9.17) is 0 Å². The van der Waals surface area contributed by atoms with Gasteiger partial charge in [0, 0.05) is 22.7 Å². The smallest absolute Gasteiger partial charge is 0.261 e. The molecular formula is C7H5BrF3N. The van der Waals surface area contributed by atoms with Crippen molar-refractivity contribution in [2.45, 2.75) is 11.8 Å². The third-order valence-electron chi connectivity index (χ3n) is 1.41. The molecule has 1 aromatic heterocycles. The molecule has 0 aliphatic rings. The highest BCUT2D eigenvalue weighted by Gasteiger charge is 2.15. The van der Waals surface area contributed by atoms with Crippen LogP contribution >= 0.6 is 15.9 Å². The first-order valence-electron chi connectivity index (χ1n) is 3.13. The molecule has 0 fully saturated rings. The van der Waals surface area contributed by atoms with Crippen molar-refractivity contribution in [1.29, 1.82) is 0 Å². The van der Waals surface area contributed by atoms with E-state index >= 15 is 0 Å². The quantitative estimate of drug-likeness (QED) is 0.724. The molecule has 1 aromatic rings. The summed E-state index contributed by atoms with van der Waals surface area (Å²) in [4.78, 5) is 3.34. The van der Waals surface area contributed by atoms with E-state index in [0.717, 1.165) is 12.4 Å². The molecule has 1 heterocycles. The lowest BCUT2D eigenvalue weighted by Crippen LogP contribution is -1.97. The predicted octanol–water partition coefficient (Wildman–Crippen LogP) is 3.05. The molecule has 5 heteroatoms. The summed E-state index contributed by atoms with van der Waals surface area (Å²) in [7, 11) is 0. The number of hydrogen-bond acceptors (Lipinski definition) is 1. The maximum Gasteiger partial charge on any atom is 0.265 e. The van der Waals surface area contributed by atoms with Gasteiger partial charge in [-0.3, -0.25) is 4.98 Å². The largest absolute Gasteiger partial charge is 0.265 e. The number of nitrogens with zero attached hydrogens (tertiary/aromatic N) is 1. The molecule has 0 saturated carbocycles. The molecule has 1 nitrogen and oxygen atoms in total. The Morgan fingerprint density at radius 2 is 2.08 bits per heavy atom. The summed E-state index contributed by atoms with van der Waals surface area (Å²) in [6.45, 7) is 0. The molecular weight excluding hydrogens is 235 g/mol. The van der Waals surface area contributed by atoms with Gasteiger partial charge in [0.1, 0.15) is 5.82 Å². The molecule has 1 rings (SSSR count). The highest BCUT2D eigenvalue weighted by Crippen LogP contribution is 2.25. The first-order chi connectivity index (χ1) is 5.66. The van der Waals surface area contributed by atoms with Crippen LogP contribution < -0.4 is 0 Å². The van der Waals surface area contributed by atoms with E-state index in [1.807, 2.05) is 0 Å². The fourth-order valence-electron chi connectivity index (χ4n) is 0.806. The van der Waals surface area contributed by atoms with Crippen molar-refractivity contribution in [2.75, 3.05) is 0 Å². The highest BCUT2D eigenvalue weighted by molar-refractivity contribution is 9.08. The van der Waals surface area contributed by atoms with E-state index in [9.17, 15) is 13.2 Å². The van der Waals surface area contributed by atoms with Crippen LogP contribution in [0.2, 0.25) is 0 Å². The number of alkyl halides is 3. The third-order valence-corrected chi connectivity index (χ3v) is 1.97. The molecule has 0 aliphatic carbocycles. The fourth-order valence-corrected chi connectivity index (χ4v) is 1.40. The van der Waals surface area contributed by atoms with Gasteiger partial charge in [-0.1, -0.05) is 15.9 Å². The van der Waals surface area contributed by atoms with Crippen molar-refractivity contribution >= 4 is 15.9 Å². The number of halogens is 4. The lowest BCUT2D eigenvalue weighted by Gasteiger charge is -2.05. The standard InChI is InChI=1S/C7H5BrF3N/c8-1-4-5(7(10)11)2-12-3-6(4)9/h2-3,7H,1H2. The lowest BCUT2D eigenvalue weighted by atomic mass is 10.1. The maximum absolute atomic E-state index is 12.8. The maximum atomic E-state index is 12.8. The summed E-state index contributed by atoms with van der Waals surface area (Å²) in [5, 5.41) is 0.0705. The monoisotopic (exact) mass is 239 g/mol. The Hall–Kier alpha value is -0.580. The molecule has 0 spiro atoms. The second-order valence-corrected chi connectivity index (χ2v) is 2.68. The van der Waals surface area contributed by atoms with Crippen LogP contribution in [0, 0.1) is 5.82 Å². The first kappa shape index (κ1) is 9.51. The number of aromatic nitrogens is 1. The predicted molar refractivity (Wildman–Crippen MR) is 41.8 cm³/mol. The van der Waals surface area contributed by atoms with Gasteiger partial charge >= 0.3 is 0 Å². The highest BCUT2D eigenvalue weighted by atomic mass is 79.9.